The summed E-state index contributed by atoms with van der Waals surface area (Å²) in [6.45, 7) is 4.30. The number of aromatic amines is 1. The van der Waals surface area contributed by atoms with Crippen molar-refractivity contribution in [2.45, 2.75) is 26.3 Å². The lowest BCUT2D eigenvalue weighted by Crippen LogP contribution is -2.08. The zero-order chi connectivity index (χ0) is 14.8. The maximum absolute atomic E-state index is 5.47. The van der Waals surface area contributed by atoms with Crippen molar-refractivity contribution in [1.29, 1.82) is 0 Å². The first kappa shape index (κ1) is 14.2. The van der Waals surface area contributed by atoms with E-state index >= 15 is 0 Å². The zero-order valence-corrected chi connectivity index (χ0v) is 13.7. The fraction of sp³-hybridized carbons (Fsp3) is 0.250. The minimum absolute atomic E-state index is 0.129. The largest absolute Gasteiger partial charge is 0.337 e. The molecular weight excluding hydrogens is 298 g/mol. The molecule has 0 aliphatic rings. The SMILES string of the molecule is CCc1cnc(C(C)n2c(-c3ccccc3)c[nH]c2=S)s1. The average Bonchev–Trinajstić information content (AvgIpc) is 3.14. The molecule has 0 bridgehead atoms. The van der Waals surface area contributed by atoms with Crippen LogP contribution in [0.1, 0.15) is 29.8 Å². The van der Waals surface area contributed by atoms with Crippen molar-refractivity contribution in [3.63, 3.8) is 0 Å². The molecule has 1 aromatic carbocycles. The van der Waals surface area contributed by atoms with Crippen LogP contribution in [0, 0.1) is 4.77 Å². The van der Waals surface area contributed by atoms with Gasteiger partial charge in [0.15, 0.2) is 4.77 Å². The number of nitrogens with zero attached hydrogens (tertiary/aromatic N) is 2. The lowest BCUT2D eigenvalue weighted by Gasteiger charge is -2.14. The van der Waals surface area contributed by atoms with Crippen LogP contribution in [0.2, 0.25) is 0 Å². The summed E-state index contributed by atoms with van der Waals surface area (Å²) in [5.74, 6) is 0. The first-order valence-electron chi connectivity index (χ1n) is 7.00. The molecule has 0 amide bonds. The molecule has 0 aliphatic heterocycles. The molecule has 1 atom stereocenters. The third-order valence-corrected chi connectivity index (χ3v) is 5.17. The number of rotatable bonds is 4. The Hall–Kier alpha value is -1.72. The van der Waals surface area contributed by atoms with E-state index in [-0.39, 0.29) is 6.04 Å². The van der Waals surface area contributed by atoms with Gasteiger partial charge in [0.1, 0.15) is 5.01 Å². The second-order valence-electron chi connectivity index (χ2n) is 4.91. The molecule has 0 aliphatic carbocycles. The molecule has 2 heterocycles. The molecule has 2 aromatic heterocycles. The Morgan fingerprint density at radius 1 is 1.33 bits per heavy atom. The number of hydrogen-bond acceptors (Lipinski definition) is 3. The molecule has 0 saturated heterocycles. The number of benzene rings is 1. The highest BCUT2D eigenvalue weighted by Gasteiger charge is 2.17. The van der Waals surface area contributed by atoms with Crippen LogP contribution in [-0.2, 0) is 6.42 Å². The molecule has 0 spiro atoms. The van der Waals surface area contributed by atoms with Crippen LogP contribution in [0.25, 0.3) is 11.3 Å². The van der Waals surface area contributed by atoms with Gasteiger partial charge in [-0.15, -0.1) is 11.3 Å². The van der Waals surface area contributed by atoms with Crippen molar-refractivity contribution in [3.05, 3.63) is 57.4 Å². The van der Waals surface area contributed by atoms with Crippen LogP contribution < -0.4 is 0 Å². The molecule has 3 aromatic rings. The lowest BCUT2D eigenvalue weighted by molar-refractivity contribution is 0.632. The number of nitrogens with one attached hydrogen (secondary N) is 1. The van der Waals surface area contributed by atoms with Gasteiger partial charge in [0.05, 0.1) is 11.7 Å². The summed E-state index contributed by atoms with van der Waals surface area (Å²) >= 11 is 7.23. The second kappa shape index (κ2) is 5.95. The molecular formula is C16H17N3S2. The number of hydrogen-bond donors (Lipinski definition) is 1. The smallest absolute Gasteiger partial charge is 0.178 e. The summed E-state index contributed by atoms with van der Waals surface area (Å²) in [5, 5.41) is 1.10. The van der Waals surface area contributed by atoms with Crippen molar-refractivity contribution in [1.82, 2.24) is 14.5 Å². The van der Waals surface area contributed by atoms with Gasteiger partial charge in [-0.1, -0.05) is 37.3 Å². The molecule has 0 fully saturated rings. The highest BCUT2D eigenvalue weighted by Crippen LogP contribution is 2.29. The van der Waals surface area contributed by atoms with E-state index in [1.165, 1.54) is 4.88 Å². The van der Waals surface area contributed by atoms with Crippen molar-refractivity contribution in [2.75, 3.05) is 0 Å². The van der Waals surface area contributed by atoms with Gasteiger partial charge < -0.3 is 9.55 Å². The maximum atomic E-state index is 5.47. The van der Waals surface area contributed by atoms with E-state index in [0.29, 0.717) is 0 Å². The monoisotopic (exact) mass is 315 g/mol. The number of aryl methyl sites for hydroxylation is 1. The summed E-state index contributed by atoms with van der Waals surface area (Å²) in [7, 11) is 0. The number of H-pyrrole nitrogens is 1. The third-order valence-electron chi connectivity index (χ3n) is 3.54. The molecule has 21 heavy (non-hydrogen) atoms. The van der Waals surface area contributed by atoms with Crippen LogP contribution in [0.15, 0.2) is 42.7 Å². The van der Waals surface area contributed by atoms with Gasteiger partial charge in [-0.25, -0.2) is 4.98 Å². The second-order valence-corrected chi connectivity index (χ2v) is 6.44. The molecule has 3 nitrogen and oxygen atoms in total. The van der Waals surface area contributed by atoms with Crippen molar-refractivity contribution >= 4 is 23.6 Å². The van der Waals surface area contributed by atoms with Crippen LogP contribution >= 0.6 is 23.6 Å². The molecule has 1 N–H and O–H groups in total. The Balaban J connectivity index is 2.06. The maximum Gasteiger partial charge on any atom is 0.178 e. The van der Waals surface area contributed by atoms with E-state index < -0.39 is 0 Å². The predicted molar refractivity (Wildman–Crippen MR) is 90.4 cm³/mol. The standard InChI is InChI=1S/C16H17N3S2/c1-3-13-9-17-15(21-13)11(2)19-14(10-18-16(19)20)12-7-5-4-6-8-12/h4-11H,3H2,1-2H3,(H,18,20). The van der Waals surface area contributed by atoms with E-state index in [2.05, 4.69) is 40.5 Å². The first-order chi connectivity index (χ1) is 10.2. The fourth-order valence-electron chi connectivity index (χ4n) is 2.38. The van der Waals surface area contributed by atoms with Crippen LogP contribution in [0.5, 0.6) is 0 Å². The molecule has 3 rings (SSSR count). The topological polar surface area (TPSA) is 33.6 Å². The molecule has 1 unspecified atom stereocenters. The van der Waals surface area contributed by atoms with E-state index in [1.807, 2.05) is 30.6 Å². The minimum Gasteiger partial charge on any atom is -0.337 e. The van der Waals surface area contributed by atoms with E-state index in [0.717, 1.165) is 27.5 Å². The van der Waals surface area contributed by atoms with Crippen molar-refractivity contribution in [3.8, 4) is 11.3 Å². The van der Waals surface area contributed by atoms with Gasteiger partial charge in [-0.05, 0) is 31.1 Å². The average molecular weight is 315 g/mol. The molecule has 5 heteroatoms. The highest BCUT2D eigenvalue weighted by atomic mass is 32.1. The Kier molecular flexibility index (Phi) is 4.03. The number of aromatic nitrogens is 3. The third kappa shape index (κ3) is 2.71. The molecule has 0 radical (unpaired) electrons. The minimum atomic E-state index is 0.129. The predicted octanol–water partition coefficient (Wildman–Crippen LogP) is 4.84. The summed E-state index contributed by atoms with van der Waals surface area (Å²) < 4.78 is 2.87. The Bertz CT molecular complexity index is 783. The van der Waals surface area contributed by atoms with Gasteiger partial charge in [-0.3, -0.25) is 0 Å². The van der Waals surface area contributed by atoms with Crippen LogP contribution in [0.4, 0.5) is 0 Å². The molecule has 108 valence electrons. The van der Waals surface area contributed by atoms with Gasteiger partial charge in [-0.2, -0.15) is 0 Å². The highest BCUT2D eigenvalue weighted by molar-refractivity contribution is 7.71. The fourth-order valence-corrected chi connectivity index (χ4v) is 3.60. The summed E-state index contributed by atoms with van der Waals surface area (Å²) in [6, 6.07) is 10.4. The van der Waals surface area contributed by atoms with Gasteiger partial charge in [0.25, 0.3) is 0 Å². The number of imidazole rings is 1. The van der Waals surface area contributed by atoms with Gasteiger partial charge >= 0.3 is 0 Å². The summed E-state index contributed by atoms with van der Waals surface area (Å²) in [5.41, 5.74) is 2.25. The Morgan fingerprint density at radius 3 is 2.76 bits per heavy atom. The van der Waals surface area contributed by atoms with E-state index in [4.69, 9.17) is 12.2 Å². The Labute approximate surface area is 133 Å². The van der Waals surface area contributed by atoms with Crippen LogP contribution in [0.3, 0.4) is 0 Å². The van der Waals surface area contributed by atoms with E-state index in [1.54, 1.807) is 11.3 Å². The lowest BCUT2D eigenvalue weighted by atomic mass is 10.1. The van der Waals surface area contributed by atoms with Gasteiger partial charge in [0, 0.05) is 17.3 Å². The number of thiazole rings is 1. The summed E-state index contributed by atoms with van der Waals surface area (Å²) in [6.07, 6.45) is 4.96. The van der Waals surface area contributed by atoms with Crippen molar-refractivity contribution in [2.24, 2.45) is 0 Å². The normalized spacial score (nSPS) is 12.5. The van der Waals surface area contributed by atoms with E-state index in [9.17, 15) is 0 Å². The van der Waals surface area contributed by atoms with Gasteiger partial charge in [0.2, 0.25) is 0 Å². The van der Waals surface area contributed by atoms with Crippen LogP contribution in [-0.4, -0.2) is 14.5 Å². The zero-order valence-electron chi connectivity index (χ0n) is 12.0. The first-order valence-corrected chi connectivity index (χ1v) is 8.23. The van der Waals surface area contributed by atoms with Crippen molar-refractivity contribution < 1.29 is 0 Å². The quantitative estimate of drug-likeness (QED) is 0.699. The molecule has 0 saturated carbocycles. The Morgan fingerprint density at radius 2 is 2.10 bits per heavy atom. The summed E-state index contributed by atoms with van der Waals surface area (Å²) in [4.78, 5) is 9.02.